The number of carbonyl (C=O) groups excluding carboxylic acids is 1. The van der Waals surface area contributed by atoms with E-state index in [0.29, 0.717) is 5.69 Å². The molecule has 2 N–H and O–H groups in total. The Morgan fingerprint density at radius 3 is 2.43 bits per heavy atom. The van der Waals surface area contributed by atoms with E-state index in [2.05, 4.69) is 26.6 Å². The van der Waals surface area contributed by atoms with Crippen LogP contribution < -0.4 is 10.6 Å². The molecule has 0 bridgehead atoms. The summed E-state index contributed by atoms with van der Waals surface area (Å²) in [6, 6.07) is 8.37. The molecule has 1 atom stereocenters. The lowest BCUT2D eigenvalue weighted by Gasteiger charge is -2.15. The number of anilines is 1. The summed E-state index contributed by atoms with van der Waals surface area (Å²) in [5, 5.41) is 5.51. The monoisotopic (exact) mass is 386 g/mol. The molecule has 2 aromatic carbocycles. The lowest BCUT2D eigenvalue weighted by Crippen LogP contribution is -2.30. The number of rotatable bonds is 5. The first-order valence-corrected chi connectivity index (χ1v) is 7.59. The molecule has 2 rings (SSSR count). The molecule has 0 saturated heterocycles. The van der Waals surface area contributed by atoms with Crippen LogP contribution in [-0.4, -0.2) is 12.5 Å². The summed E-state index contributed by atoms with van der Waals surface area (Å²) >= 11 is 3.30. The number of benzene rings is 2. The van der Waals surface area contributed by atoms with Gasteiger partial charge in [0, 0.05) is 16.2 Å². The Morgan fingerprint density at radius 2 is 1.83 bits per heavy atom. The second kappa shape index (κ2) is 7.61. The van der Waals surface area contributed by atoms with E-state index in [-0.39, 0.29) is 18.0 Å². The molecule has 0 spiro atoms. The lowest BCUT2D eigenvalue weighted by atomic mass is 10.1. The normalized spacial score (nSPS) is 12.0. The van der Waals surface area contributed by atoms with Crippen molar-refractivity contribution in [1.82, 2.24) is 5.32 Å². The SMILES string of the molecule is CC(NCC(=O)Nc1cccc(Br)c1)c1cc(F)c(F)c(F)c1. The second-order valence-electron chi connectivity index (χ2n) is 4.96. The van der Waals surface area contributed by atoms with Crippen LogP contribution in [0.15, 0.2) is 40.9 Å². The summed E-state index contributed by atoms with van der Waals surface area (Å²) in [5.41, 5.74) is 0.842. The predicted molar refractivity (Wildman–Crippen MR) is 85.5 cm³/mol. The van der Waals surface area contributed by atoms with Gasteiger partial charge in [0.25, 0.3) is 0 Å². The number of hydrogen-bond donors (Lipinski definition) is 2. The summed E-state index contributed by atoms with van der Waals surface area (Å²) in [7, 11) is 0. The fraction of sp³-hybridized carbons (Fsp3) is 0.188. The third kappa shape index (κ3) is 4.80. The van der Waals surface area contributed by atoms with Crippen LogP contribution in [0.2, 0.25) is 0 Å². The maximum absolute atomic E-state index is 13.2. The zero-order chi connectivity index (χ0) is 17.0. The van der Waals surface area contributed by atoms with Crippen LogP contribution in [0.25, 0.3) is 0 Å². The van der Waals surface area contributed by atoms with Gasteiger partial charge >= 0.3 is 0 Å². The number of amides is 1. The van der Waals surface area contributed by atoms with Gasteiger partial charge in [0.05, 0.1) is 6.54 Å². The average molecular weight is 387 g/mol. The number of halogens is 4. The van der Waals surface area contributed by atoms with Gasteiger partial charge in [0.2, 0.25) is 5.91 Å². The first-order chi connectivity index (χ1) is 10.9. The molecule has 23 heavy (non-hydrogen) atoms. The minimum Gasteiger partial charge on any atom is -0.325 e. The first kappa shape index (κ1) is 17.5. The van der Waals surface area contributed by atoms with Gasteiger partial charge in [-0.05, 0) is 42.8 Å². The van der Waals surface area contributed by atoms with Crippen molar-refractivity contribution in [1.29, 1.82) is 0 Å². The molecule has 1 amide bonds. The van der Waals surface area contributed by atoms with E-state index in [9.17, 15) is 18.0 Å². The van der Waals surface area contributed by atoms with Crippen molar-refractivity contribution in [2.24, 2.45) is 0 Å². The van der Waals surface area contributed by atoms with Crippen molar-refractivity contribution in [2.75, 3.05) is 11.9 Å². The maximum atomic E-state index is 13.2. The molecule has 0 saturated carbocycles. The molecule has 0 aliphatic carbocycles. The molecule has 122 valence electrons. The van der Waals surface area contributed by atoms with Crippen molar-refractivity contribution in [3.63, 3.8) is 0 Å². The zero-order valence-corrected chi connectivity index (χ0v) is 13.8. The van der Waals surface area contributed by atoms with Gasteiger partial charge in [-0.2, -0.15) is 0 Å². The van der Waals surface area contributed by atoms with Gasteiger partial charge in [-0.3, -0.25) is 4.79 Å². The first-order valence-electron chi connectivity index (χ1n) is 6.80. The van der Waals surface area contributed by atoms with E-state index in [1.54, 1.807) is 25.1 Å². The van der Waals surface area contributed by atoms with Gasteiger partial charge < -0.3 is 10.6 Å². The molecule has 2 aromatic rings. The summed E-state index contributed by atoms with van der Waals surface area (Å²) in [6.45, 7) is 1.56. The molecule has 3 nitrogen and oxygen atoms in total. The molecule has 0 aromatic heterocycles. The highest BCUT2D eigenvalue weighted by Crippen LogP contribution is 2.19. The van der Waals surface area contributed by atoms with E-state index >= 15 is 0 Å². The van der Waals surface area contributed by atoms with E-state index in [4.69, 9.17) is 0 Å². The van der Waals surface area contributed by atoms with Gasteiger partial charge in [-0.25, -0.2) is 13.2 Å². The summed E-state index contributed by atoms with van der Waals surface area (Å²) in [4.78, 5) is 11.9. The van der Waals surface area contributed by atoms with Crippen LogP contribution in [0, 0.1) is 17.5 Å². The third-order valence-electron chi connectivity index (χ3n) is 3.18. The van der Waals surface area contributed by atoms with Crippen LogP contribution in [-0.2, 0) is 4.79 Å². The van der Waals surface area contributed by atoms with E-state index in [1.807, 2.05) is 6.07 Å². The van der Waals surface area contributed by atoms with E-state index in [0.717, 1.165) is 16.6 Å². The summed E-state index contributed by atoms with van der Waals surface area (Å²) in [6.07, 6.45) is 0. The highest BCUT2D eigenvalue weighted by molar-refractivity contribution is 9.10. The number of nitrogens with one attached hydrogen (secondary N) is 2. The molecule has 0 aliphatic heterocycles. The Labute approximate surface area is 140 Å². The van der Waals surface area contributed by atoms with Gasteiger partial charge in [-0.1, -0.05) is 22.0 Å². The molecule has 7 heteroatoms. The standard InChI is InChI=1S/C16H14BrF3N2O/c1-9(10-5-13(18)16(20)14(19)6-10)21-8-15(23)22-12-4-2-3-11(17)7-12/h2-7,9,21H,8H2,1H3,(H,22,23). The van der Waals surface area contributed by atoms with Crippen molar-refractivity contribution in [2.45, 2.75) is 13.0 Å². The average Bonchev–Trinajstić information content (AvgIpc) is 2.49. The highest BCUT2D eigenvalue weighted by atomic mass is 79.9. The quantitative estimate of drug-likeness (QED) is 0.757. The second-order valence-corrected chi connectivity index (χ2v) is 5.88. The number of carbonyl (C=O) groups is 1. The third-order valence-corrected chi connectivity index (χ3v) is 3.68. The van der Waals surface area contributed by atoms with E-state index < -0.39 is 23.5 Å². The van der Waals surface area contributed by atoms with E-state index in [1.165, 1.54) is 0 Å². The van der Waals surface area contributed by atoms with Gasteiger partial charge in [0.1, 0.15) is 0 Å². The molecule has 1 unspecified atom stereocenters. The molecule has 0 fully saturated rings. The minimum atomic E-state index is -1.51. The minimum absolute atomic E-state index is 0.0612. The van der Waals surface area contributed by atoms with Crippen LogP contribution >= 0.6 is 15.9 Å². The Balaban J connectivity index is 1.93. The smallest absolute Gasteiger partial charge is 0.238 e. The molecular formula is C16H14BrF3N2O. The Hall–Kier alpha value is -1.86. The molecule has 0 radical (unpaired) electrons. The Morgan fingerprint density at radius 1 is 1.17 bits per heavy atom. The van der Waals surface area contributed by atoms with Crippen molar-refractivity contribution in [3.8, 4) is 0 Å². The predicted octanol–water partition coefficient (Wildman–Crippen LogP) is 4.16. The number of hydrogen-bond acceptors (Lipinski definition) is 2. The Bertz CT molecular complexity index is 701. The topological polar surface area (TPSA) is 41.1 Å². The van der Waals surface area contributed by atoms with Crippen molar-refractivity contribution >= 4 is 27.5 Å². The molecular weight excluding hydrogens is 373 g/mol. The van der Waals surface area contributed by atoms with Crippen molar-refractivity contribution < 1.29 is 18.0 Å². The Kier molecular flexibility index (Phi) is 5.79. The van der Waals surface area contributed by atoms with Gasteiger partial charge in [0.15, 0.2) is 17.5 Å². The van der Waals surface area contributed by atoms with Gasteiger partial charge in [-0.15, -0.1) is 0 Å². The fourth-order valence-electron chi connectivity index (χ4n) is 1.96. The van der Waals surface area contributed by atoms with Crippen LogP contribution in [0.5, 0.6) is 0 Å². The van der Waals surface area contributed by atoms with Crippen LogP contribution in [0.1, 0.15) is 18.5 Å². The zero-order valence-electron chi connectivity index (χ0n) is 12.2. The lowest BCUT2D eigenvalue weighted by molar-refractivity contribution is -0.115. The summed E-state index contributed by atoms with van der Waals surface area (Å²) in [5.74, 6) is -4.33. The van der Waals surface area contributed by atoms with Crippen molar-refractivity contribution in [3.05, 3.63) is 63.9 Å². The fourth-order valence-corrected chi connectivity index (χ4v) is 2.36. The summed E-state index contributed by atoms with van der Waals surface area (Å²) < 4.78 is 40.1. The van der Waals surface area contributed by atoms with Crippen LogP contribution in [0.3, 0.4) is 0 Å². The van der Waals surface area contributed by atoms with Crippen LogP contribution in [0.4, 0.5) is 18.9 Å². The highest BCUT2D eigenvalue weighted by Gasteiger charge is 2.15. The molecule has 0 aliphatic rings. The largest absolute Gasteiger partial charge is 0.325 e. The molecule has 0 heterocycles. The maximum Gasteiger partial charge on any atom is 0.238 e.